The monoisotopic (exact) mass is 274 g/mol. The Morgan fingerprint density at radius 2 is 2.16 bits per heavy atom. The third-order valence-corrected chi connectivity index (χ3v) is 4.18. The van der Waals surface area contributed by atoms with E-state index >= 15 is 0 Å². The molecule has 2 aromatic rings. The third kappa shape index (κ3) is 2.55. The van der Waals surface area contributed by atoms with Gasteiger partial charge < -0.3 is 4.90 Å². The molecule has 0 saturated carbocycles. The first-order chi connectivity index (χ1) is 9.13. The van der Waals surface area contributed by atoms with Crippen molar-refractivity contribution in [3.8, 4) is 0 Å². The van der Waals surface area contributed by atoms with Crippen LogP contribution in [0.4, 0.5) is 5.82 Å². The quantitative estimate of drug-likeness (QED) is 0.765. The number of benzene rings is 1. The summed E-state index contributed by atoms with van der Waals surface area (Å²) in [5.74, 6) is 1.85. The van der Waals surface area contributed by atoms with Crippen LogP contribution in [0.3, 0.4) is 0 Å². The van der Waals surface area contributed by atoms with Gasteiger partial charge in [0.05, 0.1) is 5.52 Å². The van der Waals surface area contributed by atoms with E-state index in [1.54, 1.807) is 0 Å². The van der Waals surface area contributed by atoms with E-state index in [4.69, 9.17) is 16.6 Å². The first kappa shape index (κ1) is 12.7. The molecular weight excluding hydrogens is 256 g/mol. The van der Waals surface area contributed by atoms with Gasteiger partial charge in [-0.3, -0.25) is 0 Å². The van der Waals surface area contributed by atoms with Gasteiger partial charge in [0.2, 0.25) is 0 Å². The Bertz CT molecular complexity index is 609. The number of halogens is 1. The molecule has 0 spiro atoms. The highest BCUT2D eigenvalue weighted by Gasteiger charge is 2.18. The van der Waals surface area contributed by atoms with E-state index in [2.05, 4.69) is 30.9 Å². The molecule has 2 heterocycles. The Morgan fingerprint density at radius 3 is 2.95 bits per heavy atom. The van der Waals surface area contributed by atoms with Crippen LogP contribution in [0.2, 0.25) is 5.02 Å². The molecule has 0 N–H and O–H groups in total. The predicted octanol–water partition coefficient (Wildman–Crippen LogP) is 4.43. The van der Waals surface area contributed by atoms with Crippen molar-refractivity contribution in [1.82, 2.24) is 4.98 Å². The lowest BCUT2D eigenvalue weighted by molar-refractivity contribution is 0.445. The highest BCUT2D eigenvalue weighted by Crippen LogP contribution is 2.27. The van der Waals surface area contributed by atoms with Crippen LogP contribution in [0.15, 0.2) is 24.3 Å². The molecule has 0 amide bonds. The maximum Gasteiger partial charge on any atom is 0.129 e. The van der Waals surface area contributed by atoms with E-state index in [-0.39, 0.29) is 0 Å². The van der Waals surface area contributed by atoms with Crippen molar-refractivity contribution < 1.29 is 0 Å². The number of anilines is 1. The van der Waals surface area contributed by atoms with Crippen LogP contribution < -0.4 is 4.90 Å². The van der Waals surface area contributed by atoms with Crippen molar-refractivity contribution in [3.05, 3.63) is 34.9 Å². The molecule has 1 aliphatic rings. The van der Waals surface area contributed by atoms with E-state index in [1.165, 1.54) is 23.8 Å². The fraction of sp³-hybridized carbons (Fsp3) is 0.438. The minimum Gasteiger partial charge on any atom is -0.356 e. The van der Waals surface area contributed by atoms with Crippen LogP contribution in [-0.2, 0) is 0 Å². The van der Waals surface area contributed by atoms with Crippen molar-refractivity contribution in [2.24, 2.45) is 5.92 Å². The van der Waals surface area contributed by atoms with Crippen LogP contribution in [-0.4, -0.2) is 18.1 Å². The number of piperidine rings is 1. The number of aryl methyl sites for hydroxylation is 1. The average Bonchev–Trinajstić information content (AvgIpc) is 2.38. The van der Waals surface area contributed by atoms with Gasteiger partial charge in [0.1, 0.15) is 5.82 Å². The SMILES string of the molecule is Cc1cc(N2CCC[C@@H](C)C2)nc2cc(Cl)ccc12. The molecule has 1 saturated heterocycles. The van der Waals surface area contributed by atoms with E-state index in [9.17, 15) is 0 Å². The minimum absolute atomic E-state index is 0.753. The molecule has 1 aromatic heterocycles. The highest BCUT2D eigenvalue weighted by atomic mass is 35.5. The van der Waals surface area contributed by atoms with Gasteiger partial charge in [-0.1, -0.05) is 24.6 Å². The van der Waals surface area contributed by atoms with Gasteiger partial charge in [0.25, 0.3) is 0 Å². The normalized spacial score (nSPS) is 19.9. The number of nitrogens with zero attached hydrogens (tertiary/aromatic N) is 2. The predicted molar refractivity (Wildman–Crippen MR) is 82.1 cm³/mol. The Hall–Kier alpha value is -1.28. The maximum atomic E-state index is 6.08. The van der Waals surface area contributed by atoms with Crippen LogP contribution in [0.5, 0.6) is 0 Å². The third-order valence-electron chi connectivity index (χ3n) is 3.95. The van der Waals surface area contributed by atoms with E-state index in [1.807, 2.05) is 12.1 Å². The standard InChI is InChI=1S/C16H19ClN2/c1-11-4-3-7-19(10-11)16-8-12(2)14-6-5-13(17)9-15(14)18-16/h5-6,8-9,11H,3-4,7,10H2,1-2H3/t11-/m1/s1. The summed E-state index contributed by atoms with van der Waals surface area (Å²) >= 11 is 6.08. The zero-order valence-electron chi connectivity index (χ0n) is 11.5. The van der Waals surface area contributed by atoms with Gasteiger partial charge in [-0.15, -0.1) is 0 Å². The van der Waals surface area contributed by atoms with Gasteiger partial charge in [-0.25, -0.2) is 4.98 Å². The van der Waals surface area contributed by atoms with Crippen molar-refractivity contribution in [2.75, 3.05) is 18.0 Å². The molecule has 0 aliphatic carbocycles. The summed E-state index contributed by atoms with van der Waals surface area (Å²) in [5, 5.41) is 1.95. The van der Waals surface area contributed by atoms with Crippen molar-refractivity contribution >= 4 is 28.3 Å². The molecule has 3 heteroatoms. The number of hydrogen-bond donors (Lipinski definition) is 0. The van der Waals surface area contributed by atoms with Gasteiger partial charge in [-0.05, 0) is 49.4 Å². The second-order valence-corrected chi connectivity index (χ2v) is 6.09. The molecule has 1 fully saturated rings. The van der Waals surface area contributed by atoms with E-state index in [0.29, 0.717) is 0 Å². The fourth-order valence-electron chi connectivity index (χ4n) is 2.92. The Balaban J connectivity index is 2.04. The molecular formula is C16H19ClN2. The number of aromatic nitrogens is 1. The number of pyridine rings is 1. The van der Waals surface area contributed by atoms with Crippen molar-refractivity contribution in [1.29, 1.82) is 0 Å². The van der Waals surface area contributed by atoms with Crippen LogP contribution in [0, 0.1) is 12.8 Å². The molecule has 0 bridgehead atoms. The molecule has 0 radical (unpaired) electrons. The summed E-state index contributed by atoms with van der Waals surface area (Å²) in [6.45, 7) is 6.69. The van der Waals surface area contributed by atoms with Gasteiger partial charge in [0.15, 0.2) is 0 Å². The molecule has 2 nitrogen and oxygen atoms in total. The van der Waals surface area contributed by atoms with Gasteiger partial charge >= 0.3 is 0 Å². The molecule has 1 aromatic carbocycles. The minimum atomic E-state index is 0.753. The Morgan fingerprint density at radius 1 is 1.32 bits per heavy atom. The number of hydrogen-bond acceptors (Lipinski definition) is 2. The lowest BCUT2D eigenvalue weighted by Gasteiger charge is -2.32. The van der Waals surface area contributed by atoms with Crippen molar-refractivity contribution in [3.63, 3.8) is 0 Å². The summed E-state index contributed by atoms with van der Waals surface area (Å²) < 4.78 is 0. The number of rotatable bonds is 1. The summed E-state index contributed by atoms with van der Waals surface area (Å²) in [5.41, 5.74) is 2.27. The molecule has 1 aliphatic heterocycles. The lowest BCUT2D eigenvalue weighted by atomic mass is 10.00. The molecule has 0 unspecified atom stereocenters. The fourth-order valence-corrected chi connectivity index (χ4v) is 3.08. The average molecular weight is 275 g/mol. The second kappa shape index (κ2) is 5.01. The van der Waals surface area contributed by atoms with E-state index < -0.39 is 0 Å². The highest BCUT2D eigenvalue weighted by molar-refractivity contribution is 6.31. The molecule has 1 atom stereocenters. The molecule has 19 heavy (non-hydrogen) atoms. The van der Waals surface area contributed by atoms with Gasteiger partial charge in [-0.2, -0.15) is 0 Å². The summed E-state index contributed by atoms with van der Waals surface area (Å²) in [4.78, 5) is 7.20. The largest absolute Gasteiger partial charge is 0.356 e. The smallest absolute Gasteiger partial charge is 0.129 e. The zero-order chi connectivity index (χ0) is 13.4. The Labute approximate surface area is 119 Å². The summed E-state index contributed by atoms with van der Waals surface area (Å²) in [6.07, 6.45) is 2.59. The van der Waals surface area contributed by atoms with Crippen LogP contribution in [0.25, 0.3) is 10.9 Å². The lowest BCUT2D eigenvalue weighted by Crippen LogP contribution is -2.34. The first-order valence-corrected chi connectivity index (χ1v) is 7.33. The topological polar surface area (TPSA) is 16.1 Å². The second-order valence-electron chi connectivity index (χ2n) is 5.65. The Kier molecular flexibility index (Phi) is 3.36. The number of fused-ring (bicyclic) bond motifs is 1. The summed E-state index contributed by atoms with van der Waals surface area (Å²) in [6, 6.07) is 8.15. The molecule has 3 rings (SSSR count). The van der Waals surface area contributed by atoms with Crippen LogP contribution in [0.1, 0.15) is 25.3 Å². The molecule has 100 valence electrons. The van der Waals surface area contributed by atoms with Crippen molar-refractivity contribution in [2.45, 2.75) is 26.7 Å². The zero-order valence-corrected chi connectivity index (χ0v) is 12.2. The van der Waals surface area contributed by atoms with Gasteiger partial charge in [0, 0.05) is 23.5 Å². The van der Waals surface area contributed by atoms with E-state index in [0.717, 1.165) is 35.4 Å². The first-order valence-electron chi connectivity index (χ1n) is 6.95. The maximum absolute atomic E-state index is 6.08. The van der Waals surface area contributed by atoms with Crippen LogP contribution >= 0.6 is 11.6 Å². The summed E-state index contributed by atoms with van der Waals surface area (Å²) in [7, 11) is 0.